The molecule has 2 aromatic carbocycles. The summed E-state index contributed by atoms with van der Waals surface area (Å²) in [5.41, 5.74) is 2.23. The van der Waals surface area contributed by atoms with E-state index in [9.17, 15) is 9.59 Å². The molecule has 3 rings (SSSR count). The smallest absolute Gasteiger partial charge is 0.341 e. The molecule has 0 aliphatic carbocycles. The fourth-order valence-electron chi connectivity index (χ4n) is 2.69. The normalized spacial score (nSPS) is 15.9. The predicted molar refractivity (Wildman–Crippen MR) is 92.5 cm³/mol. The Balaban J connectivity index is 2.18. The van der Waals surface area contributed by atoms with Crippen LogP contribution in [0.15, 0.2) is 82.6 Å². The summed E-state index contributed by atoms with van der Waals surface area (Å²) in [6.45, 7) is 0. The van der Waals surface area contributed by atoms with Crippen molar-refractivity contribution in [2.45, 2.75) is 5.92 Å². The molecule has 120 valence electrons. The van der Waals surface area contributed by atoms with Crippen molar-refractivity contribution < 1.29 is 19.4 Å². The van der Waals surface area contributed by atoms with Gasteiger partial charge in [-0.3, -0.25) is 0 Å². The molecule has 24 heavy (non-hydrogen) atoms. The number of carboxylic acids is 1. The van der Waals surface area contributed by atoms with Gasteiger partial charge in [0.1, 0.15) is 0 Å². The number of esters is 1. The van der Waals surface area contributed by atoms with E-state index in [0.717, 1.165) is 17.2 Å². The number of carbonyl (C=O) groups excluding carboxylic acids is 1. The van der Waals surface area contributed by atoms with E-state index in [2.05, 4.69) is 15.9 Å². The molecule has 1 heterocycles. The Bertz CT molecular complexity index is 799. The Kier molecular flexibility index (Phi) is 4.62. The summed E-state index contributed by atoms with van der Waals surface area (Å²) in [6.07, 6.45) is 0.877. The van der Waals surface area contributed by atoms with Crippen LogP contribution in [-0.2, 0) is 14.3 Å². The van der Waals surface area contributed by atoms with Crippen LogP contribution in [0.4, 0.5) is 0 Å². The third-order valence-corrected chi connectivity index (χ3v) is 4.50. The molecule has 0 saturated carbocycles. The molecule has 4 nitrogen and oxygen atoms in total. The third kappa shape index (κ3) is 3.16. The summed E-state index contributed by atoms with van der Waals surface area (Å²) in [5.74, 6) is -2.06. The van der Waals surface area contributed by atoms with Crippen molar-refractivity contribution in [2.24, 2.45) is 0 Å². The molecular formula is C19H13BrO4. The van der Waals surface area contributed by atoms with Gasteiger partial charge in [0.2, 0.25) is 0 Å². The van der Waals surface area contributed by atoms with Gasteiger partial charge in [0.15, 0.2) is 5.76 Å². The molecular weight excluding hydrogens is 372 g/mol. The second-order valence-electron chi connectivity index (χ2n) is 5.22. The van der Waals surface area contributed by atoms with Gasteiger partial charge in [-0.05, 0) is 27.1 Å². The van der Waals surface area contributed by atoms with Crippen LogP contribution < -0.4 is 0 Å². The Morgan fingerprint density at radius 3 is 1.96 bits per heavy atom. The van der Waals surface area contributed by atoms with Crippen LogP contribution in [0, 0.1) is 0 Å². The van der Waals surface area contributed by atoms with E-state index in [4.69, 9.17) is 9.84 Å². The quantitative estimate of drug-likeness (QED) is 0.639. The number of carboxylic acid groups (broad SMARTS) is 1. The van der Waals surface area contributed by atoms with E-state index in [-0.39, 0.29) is 11.7 Å². The third-order valence-electron chi connectivity index (χ3n) is 3.68. The number of cyclic esters (lactones) is 1. The van der Waals surface area contributed by atoms with Crippen molar-refractivity contribution >= 4 is 27.9 Å². The van der Waals surface area contributed by atoms with Gasteiger partial charge in [-0.2, -0.15) is 0 Å². The molecule has 0 aromatic heterocycles. The number of hydrogen-bond acceptors (Lipinski definition) is 3. The molecule has 0 spiro atoms. The number of benzene rings is 2. The van der Waals surface area contributed by atoms with Gasteiger partial charge in [-0.25, -0.2) is 9.59 Å². The van der Waals surface area contributed by atoms with Crippen LogP contribution in [0.25, 0.3) is 0 Å². The average Bonchev–Trinajstić information content (AvgIpc) is 2.84. The van der Waals surface area contributed by atoms with Crippen LogP contribution in [0.3, 0.4) is 0 Å². The Morgan fingerprint density at radius 2 is 1.50 bits per heavy atom. The Morgan fingerprint density at radius 1 is 1.00 bits per heavy atom. The zero-order valence-corrected chi connectivity index (χ0v) is 14.1. The zero-order valence-electron chi connectivity index (χ0n) is 12.5. The van der Waals surface area contributed by atoms with Gasteiger partial charge >= 0.3 is 11.9 Å². The van der Waals surface area contributed by atoms with Gasteiger partial charge in [0.05, 0.1) is 16.1 Å². The van der Waals surface area contributed by atoms with Gasteiger partial charge in [0.25, 0.3) is 0 Å². The Hall–Kier alpha value is -2.66. The predicted octanol–water partition coefficient (Wildman–Crippen LogP) is 3.99. The summed E-state index contributed by atoms with van der Waals surface area (Å²) in [4.78, 5) is 23.3. The maximum Gasteiger partial charge on any atom is 0.341 e. The fraction of sp³-hybridized carbons (Fsp3) is 0.0526. The van der Waals surface area contributed by atoms with Crippen LogP contribution in [0.5, 0.6) is 0 Å². The standard InChI is InChI=1S/C19H13BrO4/c20-18-14(11-15(21)22)24-19(23)17(18)16(12-7-3-1-4-8-12)13-9-5-2-6-10-13/h1-11,16H,(H,21,22)/b14-11-. The highest BCUT2D eigenvalue weighted by molar-refractivity contribution is 9.12. The van der Waals surface area contributed by atoms with Crippen LogP contribution in [0.2, 0.25) is 0 Å². The first kappa shape index (κ1) is 16.2. The number of rotatable bonds is 4. The lowest BCUT2D eigenvalue weighted by atomic mass is 9.85. The van der Waals surface area contributed by atoms with Gasteiger partial charge in [0, 0.05) is 5.92 Å². The molecule has 0 fully saturated rings. The van der Waals surface area contributed by atoms with Gasteiger partial charge in [-0.1, -0.05) is 60.7 Å². The first-order valence-corrected chi connectivity index (χ1v) is 8.04. The SMILES string of the molecule is O=C(O)/C=C1\OC(=O)C(C(c2ccccc2)c2ccccc2)=C1Br. The van der Waals surface area contributed by atoms with Crippen LogP contribution in [0.1, 0.15) is 17.0 Å². The minimum Gasteiger partial charge on any atom is -0.478 e. The van der Waals surface area contributed by atoms with E-state index in [0.29, 0.717) is 10.1 Å². The lowest BCUT2D eigenvalue weighted by Gasteiger charge is -2.18. The molecule has 5 heteroatoms. The van der Waals surface area contributed by atoms with Crippen molar-refractivity contribution in [1.82, 2.24) is 0 Å². The van der Waals surface area contributed by atoms with Crippen molar-refractivity contribution in [3.63, 3.8) is 0 Å². The minimum absolute atomic E-state index is 0.0133. The topological polar surface area (TPSA) is 63.6 Å². The summed E-state index contributed by atoms with van der Waals surface area (Å²) < 4.78 is 5.51. The zero-order chi connectivity index (χ0) is 17.1. The van der Waals surface area contributed by atoms with Crippen LogP contribution in [-0.4, -0.2) is 17.0 Å². The molecule has 0 amide bonds. The molecule has 0 atom stereocenters. The van der Waals surface area contributed by atoms with Crippen molar-refractivity contribution in [3.05, 3.63) is 93.7 Å². The first-order valence-electron chi connectivity index (χ1n) is 7.24. The summed E-state index contributed by atoms with van der Waals surface area (Å²) in [6, 6.07) is 19.1. The van der Waals surface area contributed by atoms with Crippen molar-refractivity contribution in [1.29, 1.82) is 0 Å². The monoisotopic (exact) mass is 384 g/mol. The van der Waals surface area contributed by atoms with E-state index < -0.39 is 11.9 Å². The van der Waals surface area contributed by atoms with Gasteiger partial charge in [-0.15, -0.1) is 0 Å². The molecule has 0 unspecified atom stereocenters. The van der Waals surface area contributed by atoms with Crippen molar-refractivity contribution in [3.8, 4) is 0 Å². The fourth-order valence-corrected chi connectivity index (χ4v) is 3.27. The second kappa shape index (κ2) is 6.84. The average molecular weight is 385 g/mol. The molecule has 0 bridgehead atoms. The lowest BCUT2D eigenvalue weighted by Crippen LogP contribution is -2.11. The second-order valence-corrected chi connectivity index (χ2v) is 6.01. The highest BCUT2D eigenvalue weighted by Gasteiger charge is 2.36. The highest BCUT2D eigenvalue weighted by atomic mass is 79.9. The molecule has 1 N–H and O–H groups in total. The summed E-state index contributed by atoms with van der Waals surface area (Å²) >= 11 is 3.34. The first-order chi connectivity index (χ1) is 11.6. The maximum absolute atomic E-state index is 12.4. The number of hydrogen-bond donors (Lipinski definition) is 1. The Labute approximate surface area is 147 Å². The highest BCUT2D eigenvalue weighted by Crippen LogP contribution is 2.42. The molecule has 0 radical (unpaired) electrons. The van der Waals surface area contributed by atoms with Gasteiger partial charge < -0.3 is 9.84 Å². The number of carbonyl (C=O) groups is 2. The number of allylic oxidation sites excluding steroid dienone is 1. The lowest BCUT2D eigenvalue weighted by molar-refractivity contribution is -0.133. The van der Waals surface area contributed by atoms with E-state index in [1.807, 2.05) is 60.7 Å². The summed E-state index contributed by atoms with van der Waals surface area (Å²) in [5, 5.41) is 8.93. The largest absolute Gasteiger partial charge is 0.478 e. The minimum atomic E-state index is -1.17. The molecule has 2 aromatic rings. The number of ether oxygens (including phenoxy) is 1. The number of aliphatic carboxylic acids is 1. The molecule has 0 saturated heterocycles. The van der Waals surface area contributed by atoms with E-state index in [1.165, 1.54) is 0 Å². The van der Waals surface area contributed by atoms with Crippen molar-refractivity contribution in [2.75, 3.05) is 0 Å². The molecule has 1 aliphatic heterocycles. The maximum atomic E-state index is 12.4. The molecule has 1 aliphatic rings. The van der Waals surface area contributed by atoms with E-state index in [1.54, 1.807) is 0 Å². The van der Waals surface area contributed by atoms with E-state index >= 15 is 0 Å². The summed E-state index contributed by atoms with van der Waals surface area (Å²) in [7, 11) is 0. The van der Waals surface area contributed by atoms with Crippen LogP contribution >= 0.6 is 15.9 Å². The number of halogens is 1.